The molecule has 0 radical (unpaired) electrons. The smallest absolute Gasteiger partial charge is 0.323 e. The van der Waals surface area contributed by atoms with Crippen LogP contribution in [0, 0.1) is 6.92 Å². The Bertz CT molecular complexity index is 724. The Balaban J connectivity index is 1.39. The molecule has 0 unspecified atom stereocenters. The molecule has 1 aliphatic carbocycles. The molecule has 25 heavy (non-hydrogen) atoms. The maximum Gasteiger partial charge on any atom is 0.323 e. The van der Waals surface area contributed by atoms with Crippen LogP contribution in [0.25, 0.3) is 0 Å². The van der Waals surface area contributed by atoms with Crippen molar-refractivity contribution in [3.8, 4) is 0 Å². The third-order valence-corrected chi connectivity index (χ3v) is 5.47. The Hall–Kier alpha value is -2.22. The van der Waals surface area contributed by atoms with Gasteiger partial charge in [-0.25, -0.2) is 19.7 Å². The molecule has 0 spiro atoms. The summed E-state index contributed by atoms with van der Waals surface area (Å²) in [4.78, 5) is 29.5. The maximum atomic E-state index is 12.4. The van der Waals surface area contributed by atoms with Gasteiger partial charge in [0.05, 0.1) is 0 Å². The Morgan fingerprint density at radius 2 is 1.96 bits per heavy atom. The van der Waals surface area contributed by atoms with Crippen molar-refractivity contribution in [2.45, 2.75) is 44.7 Å². The summed E-state index contributed by atoms with van der Waals surface area (Å²) in [5, 5.41) is 5.39. The van der Waals surface area contributed by atoms with E-state index in [0.29, 0.717) is 17.2 Å². The van der Waals surface area contributed by atoms with Crippen LogP contribution in [-0.2, 0) is 0 Å². The van der Waals surface area contributed by atoms with Gasteiger partial charge in [0.1, 0.15) is 12.1 Å². The number of nitrogens with one attached hydrogen (secondary N) is 1. The summed E-state index contributed by atoms with van der Waals surface area (Å²) in [6, 6.07) is 3.05. The molecule has 132 valence electrons. The second kappa shape index (κ2) is 6.95. The van der Waals surface area contributed by atoms with Crippen LogP contribution in [0.5, 0.6) is 0 Å². The number of amides is 2. The van der Waals surface area contributed by atoms with E-state index < -0.39 is 0 Å². The molecule has 2 aromatic rings. The molecule has 1 N–H and O–H groups in total. The predicted molar refractivity (Wildman–Crippen MR) is 98.0 cm³/mol. The fourth-order valence-corrected chi connectivity index (χ4v) is 3.93. The number of likely N-dealkylation sites (tertiary alicyclic amines) is 1. The van der Waals surface area contributed by atoms with E-state index in [0.717, 1.165) is 37.4 Å². The van der Waals surface area contributed by atoms with Crippen molar-refractivity contribution >= 4 is 28.3 Å². The maximum absolute atomic E-state index is 12.4. The normalized spacial score (nSPS) is 18.2. The minimum atomic E-state index is -0.0516. The van der Waals surface area contributed by atoms with E-state index in [1.54, 1.807) is 12.5 Å². The Morgan fingerprint density at radius 1 is 1.20 bits per heavy atom. The summed E-state index contributed by atoms with van der Waals surface area (Å²) in [6.07, 6.45) is 7.73. The summed E-state index contributed by atoms with van der Waals surface area (Å²) in [7, 11) is 0. The van der Waals surface area contributed by atoms with Crippen molar-refractivity contribution in [2.75, 3.05) is 23.3 Å². The van der Waals surface area contributed by atoms with Crippen LogP contribution in [0.15, 0.2) is 24.0 Å². The standard InChI is InChI=1S/C17H22N6OS/c1-12-10-15(20-11-19-12)23(13-2-3-13)14-4-7-22(8-5-14)17(24)21-16-18-6-9-25-16/h6,9-11,13-14H,2-5,7-8H2,1H3,(H,18,21,24). The first-order valence-corrected chi connectivity index (χ1v) is 9.61. The van der Waals surface area contributed by atoms with E-state index in [1.807, 2.05) is 17.2 Å². The number of hydrogen-bond donors (Lipinski definition) is 1. The average Bonchev–Trinajstić information content (AvgIpc) is 3.31. The molecule has 3 heterocycles. The van der Waals surface area contributed by atoms with Gasteiger partial charge in [-0.1, -0.05) is 0 Å². The summed E-state index contributed by atoms with van der Waals surface area (Å²) < 4.78 is 0. The van der Waals surface area contributed by atoms with Gasteiger partial charge in [-0.15, -0.1) is 11.3 Å². The summed E-state index contributed by atoms with van der Waals surface area (Å²) >= 11 is 1.44. The number of anilines is 2. The molecule has 2 aliphatic rings. The van der Waals surface area contributed by atoms with Crippen molar-refractivity contribution in [3.05, 3.63) is 29.7 Å². The third-order valence-electron chi connectivity index (χ3n) is 4.79. The Morgan fingerprint density at radius 3 is 2.60 bits per heavy atom. The van der Waals surface area contributed by atoms with Gasteiger partial charge < -0.3 is 9.80 Å². The molecule has 1 aliphatic heterocycles. The van der Waals surface area contributed by atoms with E-state index in [2.05, 4.69) is 31.2 Å². The van der Waals surface area contributed by atoms with Crippen LogP contribution >= 0.6 is 11.3 Å². The number of carbonyl (C=O) groups excluding carboxylic acids is 1. The lowest BCUT2D eigenvalue weighted by atomic mass is 10.0. The fourth-order valence-electron chi connectivity index (χ4n) is 3.41. The number of aryl methyl sites for hydroxylation is 1. The van der Waals surface area contributed by atoms with Crippen LogP contribution in [0.3, 0.4) is 0 Å². The third kappa shape index (κ3) is 3.73. The average molecular weight is 358 g/mol. The van der Waals surface area contributed by atoms with Crippen molar-refractivity contribution in [2.24, 2.45) is 0 Å². The van der Waals surface area contributed by atoms with Crippen LogP contribution in [0.4, 0.5) is 15.7 Å². The van der Waals surface area contributed by atoms with E-state index in [4.69, 9.17) is 0 Å². The molecule has 0 aromatic carbocycles. The monoisotopic (exact) mass is 358 g/mol. The number of carbonyl (C=O) groups is 1. The van der Waals surface area contributed by atoms with Gasteiger partial charge in [0.15, 0.2) is 5.13 Å². The number of aromatic nitrogens is 3. The first-order valence-electron chi connectivity index (χ1n) is 8.73. The number of thiazole rings is 1. The zero-order valence-corrected chi connectivity index (χ0v) is 15.1. The zero-order chi connectivity index (χ0) is 17.2. The highest BCUT2D eigenvalue weighted by Gasteiger charge is 2.37. The van der Waals surface area contributed by atoms with Crippen LogP contribution in [0.2, 0.25) is 0 Å². The van der Waals surface area contributed by atoms with Gasteiger partial charge in [-0.2, -0.15) is 0 Å². The topological polar surface area (TPSA) is 74.2 Å². The molecule has 1 saturated carbocycles. The molecule has 2 aromatic heterocycles. The molecule has 0 atom stereocenters. The molecule has 1 saturated heterocycles. The van der Waals surface area contributed by atoms with E-state index in [1.165, 1.54) is 24.2 Å². The fraction of sp³-hybridized carbons (Fsp3) is 0.529. The molecule has 8 heteroatoms. The predicted octanol–water partition coefficient (Wildman–Crippen LogP) is 2.91. The number of rotatable bonds is 4. The molecule has 2 fully saturated rings. The lowest BCUT2D eigenvalue weighted by molar-refractivity contribution is 0.193. The Kier molecular flexibility index (Phi) is 4.52. The molecule has 2 amide bonds. The summed E-state index contributed by atoms with van der Waals surface area (Å²) in [6.45, 7) is 3.52. The van der Waals surface area contributed by atoms with Gasteiger partial charge in [0, 0.05) is 48.5 Å². The molecular formula is C17H22N6OS. The summed E-state index contributed by atoms with van der Waals surface area (Å²) in [5.74, 6) is 1.03. The van der Waals surface area contributed by atoms with Gasteiger partial charge >= 0.3 is 6.03 Å². The van der Waals surface area contributed by atoms with Crippen LogP contribution < -0.4 is 10.2 Å². The zero-order valence-electron chi connectivity index (χ0n) is 14.3. The molecule has 0 bridgehead atoms. The second-order valence-corrected chi connectivity index (χ2v) is 7.54. The van der Waals surface area contributed by atoms with Crippen LogP contribution in [0.1, 0.15) is 31.4 Å². The van der Waals surface area contributed by atoms with E-state index in [-0.39, 0.29) is 6.03 Å². The number of hydrogen-bond acceptors (Lipinski definition) is 6. The van der Waals surface area contributed by atoms with Crippen molar-refractivity contribution < 1.29 is 4.79 Å². The molecular weight excluding hydrogens is 336 g/mol. The molecule has 7 nitrogen and oxygen atoms in total. The van der Waals surface area contributed by atoms with Gasteiger partial charge in [-0.05, 0) is 32.6 Å². The highest BCUT2D eigenvalue weighted by atomic mass is 32.1. The number of nitrogens with zero attached hydrogens (tertiary/aromatic N) is 5. The van der Waals surface area contributed by atoms with Gasteiger partial charge in [-0.3, -0.25) is 5.32 Å². The highest BCUT2D eigenvalue weighted by Crippen LogP contribution is 2.35. The first kappa shape index (κ1) is 16.3. The Labute approximate surface area is 151 Å². The minimum Gasteiger partial charge on any atom is -0.350 e. The van der Waals surface area contributed by atoms with Gasteiger partial charge in [0.2, 0.25) is 0 Å². The lowest BCUT2D eigenvalue weighted by Gasteiger charge is -2.39. The van der Waals surface area contributed by atoms with Crippen molar-refractivity contribution in [1.29, 1.82) is 0 Å². The van der Waals surface area contributed by atoms with E-state index >= 15 is 0 Å². The highest BCUT2D eigenvalue weighted by molar-refractivity contribution is 7.13. The second-order valence-electron chi connectivity index (χ2n) is 6.64. The number of urea groups is 1. The summed E-state index contributed by atoms with van der Waals surface area (Å²) in [5.41, 5.74) is 0.996. The van der Waals surface area contributed by atoms with Gasteiger partial charge in [0.25, 0.3) is 0 Å². The van der Waals surface area contributed by atoms with Crippen molar-refractivity contribution in [3.63, 3.8) is 0 Å². The quantitative estimate of drug-likeness (QED) is 0.910. The largest absolute Gasteiger partial charge is 0.350 e. The lowest BCUT2D eigenvalue weighted by Crippen LogP contribution is -2.49. The van der Waals surface area contributed by atoms with Crippen LogP contribution in [-0.4, -0.2) is 51.1 Å². The first-order chi connectivity index (χ1) is 12.2. The number of piperidine rings is 1. The SMILES string of the molecule is Cc1cc(N(C2CC2)C2CCN(C(=O)Nc3nccs3)CC2)ncn1. The minimum absolute atomic E-state index is 0.0516. The van der Waals surface area contributed by atoms with E-state index in [9.17, 15) is 4.79 Å². The van der Waals surface area contributed by atoms with Crippen molar-refractivity contribution in [1.82, 2.24) is 19.9 Å². The molecule has 4 rings (SSSR count).